The maximum absolute atomic E-state index is 14.1. The number of nitrogens with one attached hydrogen (secondary N) is 2. The number of carbonyl (C=O) groups excluding carboxylic acids is 1. The first kappa shape index (κ1) is 26.3. The van der Waals surface area contributed by atoms with Gasteiger partial charge in [-0.1, -0.05) is 29.8 Å². The Balaban J connectivity index is 1.48. The van der Waals surface area contributed by atoms with Crippen molar-refractivity contribution in [3.8, 4) is 0 Å². The predicted octanol–water partition coefficient (Wildman–Crippen LogP) is 7.36. The van der Waals surface area contributed by atoms with E-state index in [9.17, 15) is 26.7 Å². The van der Waals surface area contributed by atoms with Gasteiger partial charge >= 0.3 is 6.18 Å². The summed E-state index contributed by atoms with van der Waals surface area (Å²) in [7, 11) is 0. The van der Waals surface area contributed by atoms with Crippen LogP contribution in [0.5, 0.6) is 0 Å². The summed E-state index contributed by atoms with van der Waals surface area (Å²) in [5, 5.41) is 5.70. The molecule has 1 aliphatic rings. The molecule has 0 heterocycles. The van der Waals surface area contributed by atoms with E-state index in [4.69, 9.17) is 40.5 Å². The van der Waals surface area contributed by atoms with Crippen molar-refractivity contribution >= 4 is 57.8 Å². The van der Waals surface area contributed by atoms with Crippen LogP contribution in [0.15, 0.2) is 54.6 Å². The molecule has 0 aliphatic heterocycles. The number of alkyl halides is 5. The van der Waals surface area contributed by atoms with Crippen LogP contribution in [0.25, 0.3) is 0 Å². The van der Waals surface area contributed by atoms with Crippen molar-refractivity contribution in [1.29, 1.82) is 0 Å². The van der Waals surface area contributed by atoms with Crippen molar-refractivity contribution in [3.05, 3.63) is 87.9 Å². The maximum Gasteiger partial charge on any atom is 0.416 e. The molecule has 4 N–H and O–H groups in total. The molecule has 1 amide bonds. The standard InChI is InChI=1S/C24H17Cl3F5N3O/c25-15-5-4-14(9-12(15)10-34-17-7-6-16(28)21(33)20(17)29)35-22(36)19-18(23(19,26)27)11-2-1-3-13(8-11)24(30,31)32/h1-9,18-19,34H,10,33H2,(H,35,36)/t18-,19+/m0/s1. The molecule has 4 nitrogen and oxygen atoms in total. The van der Waals surface area contributed by atoms with Crippen LogP contribution < -0.4 is 16.4 Å². The van der Waals surface area contributed by atoms with Crippen LogP contribution in [0, 0.1) is 17.6 Å². The van der Waals surface area contributed by atoms with Gasteiger partial charge in [0.2, 0.25) is 5.91 Å². The van der Waals surface area contributed by atoms with E-state index < -0.39 is 51.1 Å². The smallest absolute Gasteiger partial charge is 0.394 e. The minimum Gasteiger partial charge on any atom is -0.394 e. The molecule has 0 radical (unpaired) electrons. The van der Waals surface area contributed by atoms with Gasteiger partial charge in [-0.25, -0.2) is 8.78 Å². The van der Waals surface area contributed by atoms with E-state index in [1.807, 2.05) is 0 Å². The van der Waals surface area contributed by atoms with Crippen molar-refractivity contribution < 1.29 is 26.7 Å². The van der Waals surface area contributed by atoms with Crippen molar-refractivity contribution in [3.63, 3.8) is 0 Å². The molecule has 4 rings (SSSR count). The number of hydrogen-bond acceptors (Lipinski definition) is 3. The number of carbonyl (C=O) groups is 1. The number of nitrogens with two attached hydrogens (primary N) is 1. The number of rotatable bonds is 6. The van der Waals surface area contributed by atoms with Gasteiger partial charge in [0, 0.05) is 23.2 Å². The average Bonchev–Trinajstić information content (AvgIpc) is 3.40. The molecule has 0 saturated heterocycles. The van der Waals surface area contributed by atoms with E-state index in [1.165, 1.54) is 36.4 Å². The highest BCUT2D eigenvalue weighted by atomic mass is 35.5. The van der Waals surface area contributed by atoms with Gasteiger partial charge in [0.15, 0.2) is 5.82 Å². The Hall–Kier alpha value is -2.75. The van der Waals surface area contributed by atoms with Crippen LogP contribution >= 0.6 is 34.8 Å². The molecule has 1 aliphatic carbocycles. The molecule has 0 unspecified atom stereocenters. The third-order valence-electron chi connectivity index (χ3n) is 5.82. The minimum absolute atomic E-state index is 0.00970. The third-order valence-corrected chi connectivity index (χ3v) is 7.13. The highest BCUT2D eigenvalue weighted by Crippen LogP contribution is 2.65. The van der Waals surface area contributed by atoms with Crippen LogP contribution in [-0.2, 0) is 17.5 Å². The van der Waals surface area contributed by atoms with Gasteiger partial charge in [0.1, 0.15) is 15.8 Å². The lowest BCUT2D eigenvalue weighted by atomic mass is 10.1. The topological polar surface area (TPSA) is 67.2 Å². The van der Waals surface area contributed by atoms with E-state index in [0.717, 1.165) is 18.2 Å². The van der Waals surface area contributed by atoms with Crippen molar-refractivity contribution in [1.82, 2.24) is 0 Å². The summed E-state index contributed by atoms with van der Waals surface area (Å²) in [6.45, 7) is 0.00970. The van der Waals surface area contributed by atoms with Crippen LogP contribution in [0.1, 0.15) is 22.6 Å². The zero-order valence-electron chi connectivity index (χ0n) is 18.1. The Morgan fingerprint density at radius 3 is 2.47 bits per heavy atom. The number of anilines is 3. The Kier molecular flexibility index (Phi) is 7.02. The lowest BCUT2D eigenvalue weighted by Gasteiger charge is -2.13. The molecule has 12 heteroatoms. The lowest BCUT2D eigenvalue weighted by Crippen LogP contribution is -2.17. The summed E-state index contributed by atoms with van der Waals surface area (Å²) in [5.41, 5.74) is 4.77. The molecule has 3 aromatic carbocycles. The summed E-state index contributed by atoms with van der Waals surface area (Å²) in [6.07, 6.45) is -4.56. The van der Waals surface area contributed by atoms with E-state index in [2.05, 4.69) is 10.6 Å². The van der Waals surface area contributed by atoms with Gasteiger partial charge < -0.3 is 16.4 Å². The number of hydrogen-bond donors (Lipinski definition) is 3. The summed E-state index contributed by atoms with van der Waals surface area (Å²) in [5.74, 6) is -4.29. The van der Waals surface area contributed by atoms with Crippen molar-refractivity contribution in [2.45, 2.75) is 23.0 Å². The fourth-order valence-corrected chi connectivity index (χ4v) is 4.89. The number of amides is 1. The van der Waals surface area contributed by atoms with Crippen molar-refractivity contribution in [2.75, 3.05) is 16.4 Å². The number of benzene rings is 3. The lowest BCUT2D eigenvalue weighted by molar-refractivity contribution is -0.137. The molecule has 1 fully saturated rings. The molecular weight excluding hydrogens is 548 g/mol. The largest absolute Gasteiger partial charge is 0.416 e. The molecule has 0 aromatic heterocycles. The van der Waals surface area contributed by atoms with E-state index >= 15 is 0 Å². The molecule has 2 atom stereocenters. The first-order valence-electron chi connectivity index (χ1n) is 10.4. The Labute approximate surface area is 217 Å². The van der Waals surface area contributed by atoms with Gasteiger partial charge in [-0.05, 0) is 47.5 Å². The number of halogens is 8. The molecule has 36 heavy (non-hydrogen) atoms. The van der Waals surface area contributed by atoms with Gasteiger partial charge in [0.25, 0.3) is 0 Å². The molecule has 1 saturated carbocycles. The monoisotopic (exact) mass is 563 g/mol. The zero-order chi connectivity index (χ0) is 26.4. The number of nitrogen functional groups attached to an aromatic ring is 1. The van der Waals surface area contributed by atoms with E-state index in [1.54, 1.807) is 0 Å². The molecule has 190 valence electrons. The molecule has 0 spiro atoms. The van der Waals surface area contributed by atoms with E-state index in [-0.39, 0.29) is 17.8 Å². The fourth-order valence-electron chi connectivity index (χ4n) is 3.88. The fraction of sp³-hybridized carbons (Fsp3) is 0.208. The Bertz CT molecular complexity index is 1330. The second kappa shape index (κ2) is 9.61. The van der Waals surface area contributed by atoms with Crippen LogP contribution in [-0.4, -0.2) is 10.2 Å². The zero-order valence-corrected chi connectivity index (χ0v) is 20.3. The van der Waals surface area contributed by atoms with Crippen LogP contribution in [0.4, 0.5) is 39.0 Å². The SMILES string of the molecule is Nc1c(F)ccc(NCc2cc(NC(=O)[C@H]3[C@H](c4cccc(C(F)(F)F)c4)C3(Cl)Cl)ccc2Cl)c1F. The maximum atomic E-state index is 14.1. The first-order chi connectivity index (χ1) is 16.8. The van der Waals surface area contributed by atoms with Crippen molar-refractivity contribution in [2.24, 2.45) is 5.92 Å². The van der Waals surface area contributed by atoms with Crippen LogP contribution in [0.2, 0.25) is 5.02 Å². The normalized spacial score (nSPS) is 18.6. The Morgan fingerprint density at radius 2 is 1.78 bits per heavy atom. The first-order valence-corrected chi connectivity index (χ1v) is 11.6. The van der Waals surface area contributed by atoms with Gasteiger partial charge in [0.05, 0.1) is 17.2 Å². The second-order valence-electron chi connectivity index (χ2n) is 8.22. The minimum atomic E-state index is -4.56. The highest BCUT2D eigenvalue weighted by Gasteiger charge is 2.67. The van der Waals surface area contributed by atoms with Gasteiger partial charge in [-0.3, -0.25) is 4.79 Å². The molecule has 0 bridgehead atoms. The third kappa shape index (κ3) is 5.19. The predicted molar refractivity (Wildman–Crippen MR) is 130 cm³/mol. The summed E-state index contributed by atoms with van der Waals surface area (Å²) < 4.78 is 65.2. The van der Waals surface area contributed by atoms with E-state index in [0.29, 0.717) is 16.3 Å². The van der Waals surface area contributed by atoms with Crippen LogP contribution in [0.3, 0.4) is 0 Å². The van der Waals surface area contributed by atoms with Gasteiger partial charge in [-0.15, -0.1) is 23.2 Å². The molecule has 3 aromatic rings. The summed E-state index contributed by atoms with van der Waals surface area (Å²) in [6, 6.07) is 11.2. The quantitative estimate of drug-likeness (QED) is 0.167. The summed E-state index contributed by atoms with van der Waals surface area (Å²) >= 11 is 18.7. The second-order valence-corrected chi connectivity index (χ2v) is 10.1. The van der Waals surface area contributed by atoms with Gasteiger partial charge in [-0.2, -0.15) is 13.2 Å². The Morgan fingerprint density at radius 1 is 1.06 bits per heavy atom. The highest BCUT2D eigenvalue weighted by molar-refractivity contribution is 6.53. The molecular formula is C24H17Cl3F5N3O. The average molecular weight is 565 g/mol. The summed E-state index contributed by atoms with van der Waals surface area (Å²) in [4.78, 5) is 12.9.